The highest BCUT2D eigenvalue weighted by Gasteiger charge is 2.19. The van der Waals surface area contributed by atoms with Crippen molar-refractivity contribution in [2.24, 2.45) is 5.84 Å². The number of hydrogen-bond acceptors (Lipinski definition) is 7. The molecule has 3 heterocycles. The van der Waals surface area contributed by atoms with Crippen LogP contribution in [-0.4, -0.2) is 40.4 Å². The summed E-state index contributed by atoms with van der Waals surface area (Å²) in [7, 11) is 0. The lowest BCUT2D eigenvalue weighted by atomic mass is 10.2. The predicted octanol–water partition coefficient (Wildman–Crippen LogP) is 0.526. The Morgan fingerprint density at radius 1 is 1.43 bits per heavy atom. The molecule has 7 nitrogen and oxygen atoms in total. The second-order valence-corrected chi connectivity index (χ2v) is 6.36. The summed E-state index contributed by atoms with van der Waals surface area (Å²) in [5.74, 6) is 6.99. The lowest BCUT2D eigenvalue weighted by Gasteiger charge is -2.25. The minimum absolute atomic E-state index is 0.0438. The fourth-order valence-electron chi connectivity index (χ4n) is 2.50. The highest BCUT2D eigenvalue weighted by molar-refractivity contribution is 7.18. The smallest absolute Gasteiger partial charge is 0.234 e. The Bertz CT molecular complexity index is 698. The first-order valence-corrected chi connectivity index (χ1v) is 7.62. The van der Waals surface area contributed by atoms with E-state index in [1.807, 2.05) is 11.8 Å². The van der Waals surface area contributed by atoms with E-state index in [0.717, 1.165) is 22.3 Å². The molecule has 8 heteroatoms. The molecule has 0 bridgehead atoms. The average molecular weight is 306 g/mol. The monoisotopic (exact) mass is 306 g/mol. The van der Waals surface area contributed by atoms with Gasteiger partial charge < -0.3 is 10.7 Å². The van der Waals surface area contributed by atoms with Gasteiger partial charge in [0.05, 0.1) is 18.5 Å². The molecule has 3 rings (SSSR count). The number of rotatable bonds is 3. The maximum atomic E-state index is 11.4. The van der Waals surface area contributed by atoms with E-state index in [0.29, 0.717) is 31.3 Å². The normalized spacial score (nSPS) is 16.2. The van der Waals surface area contributed by atoms with Gasteiger partial charge in [0.15, 0.2) is 5.82 Å². The Morgan fingerprint density at radius 3 is 2.95 bits per heavy atom. The van der Waals surface area contributed by atoms with Crippen molar-refractivity contribution in [1.82, 2.24) is 20.2 Å². The highest BCUT2D eigenvalue weighted by atomic mass is 32.1. The Balaban J connectivity index is 1.94. The summed E-state index contributed by atoms with van der Waals surface area (Å²) in [5, 5.41) is 3.80. The molecule has 0 aliphatic carbocycles. The summed E-state index contributed by atoms with van der Waals surface area (Å²) < 4.78 is 0. The maximum Gasteiger partial charge on any atom is 0.234 e. The van der Waals surface area contributed by atoms with Crippen LogP contribution in [0.5, 0.6) is 0 Å². The number of piperazine rings is 1. The molecule has 1 aliphatic rings. The first kappa shape index (κ1) is 14.2. The molecule has 4 N–H and O–H groups in total. The number of nitrogens with one attached hydrogen (secondary N) is 2. The van der Waals surface area contributed by atoms with E-state index in [-0.39, 0.29) is 5.91 Å². The fourth-order valence-corrected chi connectivity index (χ4v) is 3.54. The number of hydrogen-bond donors (Lipinski definition) is 3. The van der Waals surface area contributed by atoms with Crippen LogP contribution in [0.4, 0.5) is 5.82 Å². The molecule has 0 saturated carbocycles. The molecule has 1 fully saturated rings. The van der Waals surface area contributed by atoms with Crippen molar-refractivity contribution < 1.29 is 4.79 Å². The molecule has 0 radical (unpaired) electrons. The van der Waals surface area contributed by atoms with Crippen molar-refractivity contribution in [2.45, 2.75) is 20.4 Å². The Hall–Kier alpha value is -1.77. The van der Waals surface area contributed by atoms with Crippen molar-refractivity contribution in [3.63, 3.8) is 0 Å². The van der Waals surface area contributed by atoms with E-state index in [1.54, 1.807) is 11.3 Å². The fraction of sp³-hybridized carbons (Fsp3) is 0.462. The summed E-state index contributed by atoms with van der Waals surface area (Å²) >= 11 is 1.64. The molecule has 21 heavy (non-hydrogen) atoms. The lowest BCUT2D eigenvalue weighted by Crippen LogP contribution is -2.47. The maximum absolute atomic E-state index is 11.4. The molecule has 1 aliphatic heterocycles. The first-order valence-electron chi connectivity index (χ1n) is 6.80. The van der Waals surface area contributed by atoms with Crippen LogP contribution in [0.3, 0.4) is 0 Å². The average Bonchev–Trinajstić information content (AvgIpc) is 2.73. The third-order valence-electron chi connectivity index (χ3n) is 3.69. The van der Waals surface area contributed by atoms with Crippen molar-refractivity contribution in [3.8, 4) is 0 Å². The minimum Gasteiger partial charge on any atom is -0.354 e. The van der Waals surface area contributed by atoms with Crippen LogP contribution in [0.25, 0.3) is 10.2 Å². The van der Waals surface area contributed by atoms with Crippen molar-refractivity contribution in [3.05, 3.63) is 16.3 Å². The van der Waals surface area contributed by atoms with E-state index in [1.165, 1.54) is 4.88 Å². The topological polar surface area (TPSA) is 96.2 Å². The number of nitrogens with two attached hydrogens (primary N) is 1. The third kappa shape index (κ3) is 2.69. The minimum atomic E-state index is 0.0438. The summed E-state index contributed by atoms with van der Waals surface area (Å²) in [6.45, 7) is 6.52. The second kappa shape index (κ2) is 5.55. The standard InChI is InChI=1S/C13H18N6OS/c1-7-8(2)21-13-11(7)12(18-14)16-9(17-13)5-19-4-3-15-10(20)6-19/h3-6,14H2,1-2H3,(H,15,20)(H,16,17,18). The van der Waals surface area contributed by atoms with E-state index >= 15 is 0 Å². The number of aromatic nitrogens is 2. The van der Waals surface area contributed by atoms with Gasteiger partial charge in [-0.05, 0) is 19.4 Å². The molecule has 1 saturated heterocycles. The zero-order valence-electron chi connectivity index (χ0n) is 12.1. The molecule has 2 aromatic heterocycles. The number of carbonyl (C=O) groups is 1. The molecule has 0 spiro atoms. The predicted molar refractivity (Wildman–Crippen MR) is 83.0 cm³/mol. The van der Waals surface area contributed by atoms with Crippen molar-refractivity contribution >= 4 is 33.3 Å². The Kier molecular flexibility index (Phi) is 3.75. The molecular weight excluding hydrogens is 288 g/mol. The van der Waals surface area contributed by atoms with Gasteiger partial charge in [-0.1, -0.05) is 0 Å². The van der Waals surface area contributed by atoms with Crippen LogP contribution in [0.2, 0.25) is 0 Å². The third-order valence-corrected chi connectivity index (χ3v) is 4.80. The first-order chi connectivity index (χ1) is 10.1. The van der Waals surface area contributed by atoms with Gasteiger partial charge in [-0.2, -0.15) is 0 Å². The molecular formula is C13H18N6OS. The van der Waals surface area contributed by atoms with E-state index in [9.17, 15) is 4.79 Å². The number of anilines is 1. The largest absolute Gasteiger partial charge is 0.354 e. The molecule has 0 unspecified atom stereocenters. The van der Waals surface area contributed by atoms with E-state index in [2.05, 4.69) is 27.6 Å². The van der Waals surface area contributed by atoms with Gasteiger partial charge in [0, 0.05) is 18.0 Å². The quantitative estimate of drug-likeness (QED) is 0.565. The number of nitrogen functional groups attached to an aromatic ring is 1. The molecule has 2 aromatic rings. The van der Waals surface area contributed by atoms with Gasteiger partial charge in [0.1, 0.15) is 10.7 Å². The van der Waals surface area contributed by atoms with Crippen LogP contribution in [0, 0.1) is 13.8 Å². The van der Waals surface area contributed by atoms with Gasteiger partial charge in [-0.15, -0.1) is 11.3 Å². The van der Waals surface area contributed by atoms with Crippen LogP contribution >= 0.6 is 11.3 Å². The number of hydrazine groups is 1. The van der Waals surface area contributed by atoms with Gasteiger partial charge in [-0.3, -0.25) is 9.69 Å². The summed E-state index contributed by atoms with van der Waals surface area (Å²) in [6.07, 6.45) is 0. The van der Waals surface area contributed by atoms with Gasteiger partial charge in [0.2, 0.25) is 5.91 Å². The van der Waals surface area contributed by atoms with E-state index < -0.39 is 0 Å². The molecule has 1 amide bonds. The van der Waals surface area contributed by atoms with Gasteiger partial charge in [-0.25, -0.2) is 15.8 Å². The number of fused-ring (bicyclic) bond motifs is 1. The zero-order chi connectivity index (χ0) is 15.0. The number of amides is 1. The summed E-state index contributed by atoms with van der Waals surface area (Å²) in [5.41, 5.74) is 3.83. The van der Waals surface area contributed by atoms with Gasteiger partial charge in [0.25, 0.3) is 0 Å². The number of carbonyl (C=O) groups excluding carboxylic acids is 1. The summed E-state index contributed by atoms with van der Waals surface area (Å²) in [6, 6.07) is 0. The zero-order valence-corrected chi connectivity index (χ0v) is 12.9. The van der Waals surface area contributed by atoms with Crippen molar-refractivity contribution in [1.29, 1.82) is 0 Å². The van der Waals surface area contributed by atoms with Crippen molar-refractivity contribution in [2.75, 3.05) is 25.1 Å². The number of nitrogens with zero attached hydrogens (tertiary/aromatic N) is 3. The van der Waals surface area contributed by atoms with Gasteiger partial charge >= 0.3 is 0 Å². The van der Waals surface area contributed by atoms with Crippen LogP contribution in [-0.2, 0) is 11.3 Å². The molecule has 0 atom stereocenters. The second-order valence-electron chi connectivity index (χ2n) is 5.16. The Morgan fingerprint density at radius 2 is 2.24 bits per heavy atom. The van der Waals surface area contributed by atoms with E-state index in [4.69, 9.17) is 5.84 Å². The van der Waals surface area contributed by atoms with Crippen LogP contribution in [0.15, 0.2) is 0 Å². The SMILES string of the molecule is Cc1sc2nc(CN3CCNC(=O)C3)nc(NN)c2c1C. The summed E-state index contributed by atoms with van der Waals surface area (Å²) in [4.78, 5) is 24.7. The lowest BCUT2D eigenvalue weighted by molar-refractivity contribution is -0.124. The number of thiophene rings is 1. The van der Waals surface area contributed by atoms with Crippen LogP contribution < -0.4 is 16.6 Å². The molecule has 0 aromatic carbocycles. The van der Waals surface area contributed by atoms with Crippen LogP contribution in [0.1, 0.15) is 16.3 Å². The molecule has 112 valence electrons. The Labute approximate surface area is 126 Å². The number of aryl methyl sites for hydroxylation is 2. The highest BCUT2D eigenvalue weighted by Crippen LogP contribution is 2.32.